The van der Waals surface area contributed by atoms with Crippen molar-refractivity contribution in [3.8, 4) is 0 Å². The maximum atomic E-state index is 9.68. The van der Waals surface area contributed by atoms with Crippen LogP contribution in [0.5, 0.6) is 0 Å². The second-order valence-corrected chi connectivity index (χ2v) is 5.57. The van der Waals surface area contributed by atoms with E-state index in [2.05, 4.69) is 0 Å². The maximum absolute atomic E-state index is 9.68. The van der Waals surface area contributed by atoms with Gasteiger partial charge in [0.1, 0.15) is 0 Å². The van der Waals surface area contributed by atoms with Gasteiger partial charge in [-0.2, -0.15) is 0 Å². The summed E-state index contributed by atoms with van der Waals surface area (Å²) in [5, 5.41) is 0. The van der Waals surface area contributed by atoms with Crippen molar-refractivity contribution in [2.45, 2.75) is 26.7 Å². The largest absolute Gasteiger partial charge is 2.00 e. The molecular weight excluding hydrogens is 272 g/mol. The fourth-order valence-electron chi connectivity index (χ4n) is 0.500. The van der Waals surface area contributed by atoms with Crippen molar-refractivity contribution >= 4 is 58.0 Å². The predicted octanol–water partition coefficient (Wildman–Crippen LogP) is -0.498. The first kappa shape index (κ1) is 21.4. The quantitative estimate of drug-likeness (QED) is 0.508. The molecule has 0 N–H and O–H groups in total. The summed E-state index contributed by atoms with van der Waals surface area (Å²) >= 11 is 0. The van der Waals surface area contributed by atoms with Gasteiger partial charge in [0.15, 0.2) is 0 Å². The van der Waals surface area contributed by atoms with Crippen molar-refractivity contribution in [3.05, 3.63) is 0 Å². The molecule has 0 aliphatic heterocycles. The average molecular weight is 286 g/mol. The van der Waals surface area contributed by atoms with Crippen LogP contribution in [0.2, 0.25) is 0 Å². The average Bonchev–Trinajstić information content (AvgIpc) is 1.81. The molecule has 0 amide bonds. The molecule has 0 aliphatic rings. The normalized spacial score (nSPS) is 10.9. The molecule has 0 unspecified atom stereocenters. The molecule has 0 radical (unpaired) electrons. The van der Waals surface area contributed by atoms with Crippen molar-refractivity contribution < 1.29 is 25.9 Å². The molecule has 0 aliphatic carbocycles. The van der Waals surface area contributed by atoms with Gasteiger partial charge in [-0.05, 0) is 12.8 Å². The van der Waals surface area contributed by atoms with Crippen molar-refractivity contribution in [1.82, 2.24) is 0 Å². The van der Waals surface area contributed by atoms with E-state index in [1.165, 1.54) is 0 Å². The predicted molar refractivity (Wildman–Crippen MR) is 55.5 cm³/mol. The van der Waals surface area contributed by atoms with E-state index in [1.54, 1.807) is 13.8 Å². The Morgan fingerprint density at radius 3 is 1.00 bits per heavy atom. The fraction of sp³-hybridized carbons (Fsp3) is 1.00. The summed E-state index contributed by atoms with van der Waals surface area (Å²) in [4.78, 5) is 0. The maximum Gasteiger partial charge on any atom is 2.00 e. The second-order valence-electron chi connectivity index (χ2n) is 2.52. The van der Waals surface area contributed by atoms with Gasteiger partial charge in [-0.1, -0.05) is 13.8 Å². The first-order valence-corrected chi connectivity index (χ1v) is 7.15. The smallest absolute Gasteiger partial charge is 0.748 e. The summed E-state index contributed by atoms with van der Waals surface area (Å²) < 4.78 is 58.1. The Kier molecular flexibility index (Phi) is 14.6. The molecule has 9 heteroatoms. The standard InChI is InChI=1S/2C3H8O3S.Ca/c2*1-2-3-7(4,5)6;/h2*2-3H2,1H3,(H,4,5,6);/q;;+2/p-2. The molecule has 0 spiro atoms. The first-order chi connectivity index (χ1) is 6.12. The monoisotopic (exact) mass is 286 g/mol. The molecule has 0 saturated carbocycles. The third kappa shape index (κ3) is 31.3. The van der Waals surface area contributed by atoms with Crippen molar-refractivity contribution in [2.75, 3.05) is 11.5 Å². The third-order valence-electron chi connectivity index (χ3n) is 0.908. The SMILES string of the molecule is CCCS(=O)(=O)[O-].CCCS(=O)(=O)[O-].[Ca+2]. The van der Waals surface area contributed by atoms with E-state index in [1.807, 2.05) is 0 Å². The van der Waals surface area contributed by atoms with Crippen LogP contribution in [-0.4, -0.2) is 75.2 Å². The molecule has 0 saturated heterocycles. The van der Waals surface area contributed by atoms with Crippen LogP contribution < -0.4 is 0 Å². The van der Waals surface area contributed by atoms with E-state index in [0.29, 0.717) is 12.8 Å². The van der Waals surface area contributed by atoms with Crippen LogP contribution in [-0.2, 0) is 20.2 Å². The van der Waals surface area contributed by atoms with Gasteiger partial charge in [0, 0.05) is 11.5 Å². The van der Waals surface area contributed by atoms with Crippen LogP contribution in [0.4, 0.5) is 0 Å². The van der Waals surface area contributed by atoms with Crippen LogP contribution in [0.25, 0.3) is 0 Å². The molecule has 0 atom stereocenters. The van der Waals surface area contributed by atoms with E-state index in [0.717, 1.165) is 0 Å². The Hall–Kier alpha value is 1.08. The minimum absolute atomic E-state index is 0. The number of hydrogen-bond donors (Lipinski definition) is 0. The van der Waals surface area contributed by atoms with E-state index >= 15 is 0 Å². The zero-order chi connectivity index (χ0) is 11.8. The van der Waals surface area contributed by atoms with E-state index < -0.39 is 20.2 Å². The molecule has 0 fully saturated rings. The summed E-state index contributed by atoms with van der Waals surface area (Å²) in [6, 6.07) is 0. The minimum atomic E-state index is -3.92. The van der Waals surface area contributed by atoms with Crippen molar-refractivity contribution in [3.63, 3.8) is 0 Å². The van der Waals surface area contributed by atoms with E-state index in [-0.39, 0.29) is 49.2 Å². The molecule has 88 valence electrons. The van der Waals surface area contributed by atoms with Crippen molar-refractivity contribution in [2.24, 2.45) is 0 Å². The summed E-state index contributed by atoms with van der Waals surface area (Å²) in [6.07, 6.45) is 0.817. The zero-order valence-electron chi connectivity index (χ0n) is 8.80. The van der Waals surface area contributed by atoms with Gasteiger partial charge in [-0.15, -0.1) is 0 Å². The van der Waals surface area contributed by atoms with E-state index in [9.17, 15) is 25.9 Å². The van der Waals surface area contributed by atoms with Gasteiger partial charge in [0.2, 0.25) is 0 Å². The van der Waals surface area contributed by atoms with Crippen LogP contribution in [0, 0.1) is 0 Å². The van der Waals surface area contributed by atoms with Gasteiger partial charge in [-0.3, -0.25) is 0 Å². The van der Waals surface area contributed by atoms with Gasteiger partial charge in [0.05, 0.1) is 20.2 Å². The summed E-state index contributed by atoms with van der Waals surface area (Å²) in [5.74, 6) is -0.486. The topological polar surface area (TPSA) is 114 Å². The van der Waals surface area contributed by atoms with Crippen molar-refractivity contribution in [1.29, 1.82) is 0 Å². The van der Waals surface area contributed by atoms with E-state index in [4.69, 9.17) is 0 Å². The first-order valence-electron chi connectivity index (χ1n) is 3.99. The molecule has 0 aromatic carbocycles. The fourth-order valence-corrected chi connectivity index (χ4v) is 1.50. The van der Waals surface area contributed by atoms with Crippen LogP contribution in [0.1, 0.15) is 26.7 Å². The zero-order valence-corrected chi connectivity index (χ0v) is 12.6. The van der Waals surface area contributed by atoms with Crippen LogP contribution >= 0.6 is 0 Å². The number of hydrogen-bond acceptors (Lipinski definition) is 6. The van der Waals surface area contributed by atoms with Gasteiger partial charge in [0.25, 0.3) is 0 Å². The Labute approximate surface area is 121 Å². The molecule has 0 aromatic heterocycles. The van der Waals surface area contributed by atoms with Gasteiger partial charge < -0.3 is 9.11 Å². The Morgan fingerprint density at radius 2 is 1.00 bits per heavy atom. The Morgan fingerprint density at radius 1 is 0.800 bits per heavy atom. The minimum Gasteiger partial charge on any atom is -0.748 e. The second kappa shape index (κ2) is 10.2. The molecule has 0 aromatic rings. The van der Waals surface area contributed by atoms with Gasteiger partial charge in [-0.25, -0.2) is 16.8 Å². The summed E-state index contributed by atoms with van der Waals surface area (Å²) in [7, 11) is -7.85. The molecule has 0 rings (SSSR count). The van der Waals surface area contributed by atoms with Crippen LogP contribution in [0.15, 0.2) is 0 Å². The van der Waals surface area contributed by atoms with Crippen LogP contribution in [0.3, 0.4) is 0 Å². The Balaban J connectivity index is -0.000000180. The third-order valence-corrected chi connectivity index (χ3v) is 2.72. The summed E-state index contributed by atoms with van der Waals surface area (Å²) in [5.41, 5.74) is 0. The molecule has 15 heavy (non-hydrogen) atoms. The molecular formula is C6H14CaO6S2. The summed E-state index contributed by atoms with van der Waals surface area (Å²) in [6.45, 7) is 3.30. The molecule has 6 nitrogen and oxygen atoms in total. The van der Waals surface area contributed by atoms with Gasteiger partial charge >= 0.3 is 37.7 Å². The number of rotatable bonds is 4. The Bertz CT molecular complexity index is 286. The molecule has 0 bridgehead atoms. The molecule has 0 heterocycles.